The number of nitrogens with one attached hydrogen (secondary N) is 2. The van der Waals surface area contributed by atoms with Gasteiger partial charge in [-0.25, -0.2) is 0 Å². The van der Waals surface area contributed by atoms with Crippen LogP contribution in [0.3, 0.4) is 0 Å². The van der Waals surface area contributed by atoms with Crippen molar-refractivity contribution in [1.29, 1.82) is 5.41 Å². The van der Waals surface area contributed by atoms with Crippen molar-refractivity contribution in [2.75, 3.05) is 25.0 Å². The predicted molar refractivity (Wildman–Crippen MR) is 139 cm³/mol. The lowest BCUT2D eigenvalue weighted by Crippen LogP contribution is -2.39. The van der Waals surface area contributed by atoms with Crippen molar-refractivity contribution in [1.82, 2.24) is 9.47 Å². The summed E-state index contributed by atoms with van der Waals surface area (Å²) in [4.78, 5) is 13.6. The van der Waals surface area contributed by atoms with Crippen molar-refractivity contribution in [2.24, 2.45) is 11.7 Å². The Labute approximate surface area is 200 Å². The van der Waals surface area contributed by atoms with Crippen LogP contribution in [0.4, 0.5) is 5.69 Å². The number of carbonyl (C=O) groups is 1. The number of carbonyl (C=O) groups excluding carboxylic acids is 1. The fourth-order valence-electron chi connectivity index (χ4n) is 5.19. The van der Waals surface area contributed by atoms with Gasteiger partial charge in [-0.05, 0) is 79.3 Å². The number of benzene rings is 2. The zero-order chi connectivity index (χ0) is 23.7. The Morgan fingerprint density at radius 1 is 1.21 bits per heavy atom. The van der Waals surface area contributed by atoms with Gasteiger partial charge < -0.3 is 15.6 Å². The van der Waals surface area contributed by atoms with Gasteiger partial charge in [0, 0.05) is 48.1 Å². The minimum atomic E-state index is -0.738. The quantitative estimate of drug-likeness (QED) is 0.456. The predicted octanol–water partition coefficient (Wildman–Crippen LogP) is 4.62. The number of nitrogens with zero attached hydrogens (tertiary/aromatic N) is 2. The molecule has 3 aromatic rings. The number of aromatic nitrogens is 1. The highest BCUT2D eigenvalue weighted by molar-refractivity contribution is 6.41. The highest BCUT2D eigenvalue weighted by Gasteiger charge is 2.26. The van der Waals surface area contributed by atoms with Crippen molar-refractivity contribution in [3.8, 4) is 0 Å². The molecule has 2 aliphatic heterocycles. The second kappa shape index (κ2) is 9.31. The van der Waals surface area contributed by atoms with Gasteiger partial charge in [0.15, 0.2) is 0 Å². The summed E-state index contributed by atoms with van der Waals surface area (Å²) in [5.74, 6) is -0.0535. The third kappa shape index (κ3) is 4.68. The van der Waals surface area contributed by atoms with Crippen molar-refractivity contribution in [2.45, 2.75) is 26.3 Å². The Morgan fingerprint density at radius 3 is 2.82 bits per heavy atom. The Hall–Kier alpha value is -3.64. The maximum Gasteiger partial charge on any atom is 0.266 e. The molecule has 1 saturated heterocycles. The summed E-state index contributed by atoms with van der Waals surface area (Å²) >= 11 is 0. The first-order chi connectivity index (χ1) is 16.5. The Bertz CT molecular complexity index is 1300. The molecule has 0 saturated carbocycles. The summed E-state index contributed by atoms with van der Waals surface area (Å²) in [6.07, 6.45) is 8.61. The molecule has 2 bridgehead atoms. The van der Waals surface area contributed by atoms with Crippen LogP contribution in [0.15, 0.2) is 72.6 Å². The van der Waals surface area contributed by atoms with Crippen LogP contribution < -0.4 is 11.1 Å². The fourth-order valence-corrected chi connectivity index (χ4v) is 5.19. The van der Waals surface area contributed by atoms with Gasteiger partial charge in [0.2, 0.25) is 0 Å². The zero-order valence-electron chi connectivity index (χ0n) is 19.6. The molecule has 0 radical (unpaired) electrons. The van der Waals surface area contributed by atoms with E-state index in [0.29, 0.717) is 11.6 Å². The van der Waals surface area contributed by atoms with Crippen LogP contribution in [-0.2, 0) is 11.3 Å². The minimum Gasteiger partial charge on any atom is -0.364 e. The largest absolute Gasteiger partial charge is 0.364 e. The summed E-state index contributed by atoms with van der Waals surface area (Å²) in [5, 5.41) is 11.9. The second-order valence-electron chi connectivity index (χ2n) is 9.40. The van der Waals surface area contributed by atoms with E-state index >= 15 is 0 Å². The molecule has 1 amide bonds. The van der Waals surface area contributed by atoms with E-state index < -0.39 is 5.91 Å². The average molecular weight is 454 g/mol. The lowest BCUT2D eigenvalue weighted by atomic mass is 9.83. The molecule has 2 aromatic carbocycles. The molecule has 6 nitrogen and oxygen atoms in total. The SMILES string of the molecule is C/C(=C/C(=N)C(N)=O)Nc1ccc2c(ccn2Cc2ccc(C3=CCN4CCCC3C4)cc2)c1. The number of anilines is 1. The molecule has 2 aliphatic rings. The average Bonchev–Trinajstić information content (AvgIpc) is 3.22. The summed E-state index contributed by atoms with van der Waals surface area (Å²) in [6, 6.07) is 17.4. The summed E-state index contributed by atoms with van der Waals surface area (Å²) < 4.78 is 2.26. The maximum atomic E-state index is 11.1. The fraction of sp³-hybridized carbons (Fsp3) is 0.286. The molecule has 174 valence electrons. The number of fused-ring (bicyclic) bond motifs is 3. The molecule has 34 heavy (non-hydrogen) atoms. The lowest BCUT2D eigenvalue weighted by Gasteiger charge is -2.37. The first kappa shape index (κ1) is 22.2. The van der Waals surface area contributed by atoms with E-state index in [1.165, 1.54) is 54.2 Å². The number of nitrogens with two attached hydrogens (primary N) is 1. The van der Waals surface area contributed by atoms with Crippen molar-refractivity contribution < 1.29 is 4.79 Å². The minimum absolute atomic E-state index is 0.219. The lowest BCUT2D eigenvalue weighted by molar-refractivity contribution is -0.111. The molecule has 5 rings (SSSR count). The number of piperidine rings is 1. The van der Waals surface area contributed by atoms with Gasteiger partial charge in [-0.3, -0.25) is 15.1 Å². The second-order valence-corrected chi connectivity index (χ2v) is 9.40. The summed E-state index contributed by atoms with van der Waals surface area (Å²) in [6.45, 7) is 6.18. The van der Waals surface area contributed by atoms with Crippen LogP contribution in [0.2, 0.25) is 0 Å². The molecule has 2 atom stereocenters. The first-order valence-electron chi connectivity index (χ1n) is 11.9. The van der Waals surface area contributed by atoms with E-state index in [1.807, 2.05) is 13.0 Å². The molecule has 0 spiro atoms. The molecule has 2 unspecified atom stereocenters. The molecule has 4 N–H and O–H groups in total. The van der Waals surface area contributed by atoms with E-state index in [1.54, 1.807) is 0 Å². The van der Waals surface area contributed by atoms with Gasteiger partial charge in [-0.15, -0.1) is 0 Å². The normalized spacial score (nSPS) is 20.1. The standard InChI is InChI=1S/C28H31N5O/c1-19(15-26(29)28(30)34)31-24-8-9-27-22(16-24)10-14-33(27)17-20-4-6-21(7-5-20)25-11-13-32-12-2-3-23(25)18-32/h4-11,14-16,23,29,31H,2-3,12-13,17-18H2,1H3,(H2,30,34)/b19-15-,29-26?. The van der Waals surface area contributed by atoms with Crippen molar-refractivity contribution in [3.05, 3.63) is 83.7 Å². The summed E-state index contributed by atoms with van der Waals surface area (Å²) in [7, 11) is 0. The van der Waals surface area contributed by atoms with Gasteiger partial charge in [0.1, 0.15) is 5.71 Å². The van der Waals surface area contributed by atoms with E-state index in [0.717, 1.165) is 24.2 Å². The van der Waals surface area contributed by atoms with E-state index in [4.69, 9.17) is 11.1 Å². The van der Waals surface area contributed by atoms with Crippen LogP contribution in [0.1, 0.15) is 30.9 Å². The van der Waals surface area contributed by atoms with Crippen LogP contribution in [0.25, 0.3) is 16.5 Å². The number of hydrogen-bond donors (Lipinski definition) is 3. The number of amides is 1. The van der Waals surface area contributed by atoms with E-state index in [2.05, 4.69) is 69.5 Å². The summed E-state index contributed by atoms with van der Waals surface area (Å²) in [5.41, 5.74) is 11.9. The number of allylic oxidation sites excluding steroid dienone is 1. The van der Waals surface area contributed by atoms with Crippen molar-refractivity contribution >= 4 is 33.8 Å². The van der Waals surface area contributed by atoms with Gasteiger partial charge in [-0.1, -0.05) is 30.3 Å². The molecular weight excluding hydrogens is 422 g/mol. The number of primary amides is 1. The smallest absolute Gasteiger partial charge is 0.266 e. The van der Waals surface area contributed by atoms with Gasteiger partial charge in [-0.2, -0.15) is 0 Å². The molecule has 3 heterocycles. The van der Waals surface area contributed by atoms with E-state index in [-0.39, 0.29) is 5.71 Å². The Kier molecular flexibility index (Phi) is 6.07. The molecule has 1 fully saturated rings. The van der Waals surface area contributed by atoms with Crippen LogP contribution in [-0.4, -0.2) is 40.7 Å². The Balaban J connectivity index is 1.29. The molecule has 6 heteroatoms. The monoisotopic (exact) mass is 453 g/mol. The third-order valence-corrected chi connectivity index (χ3v) is 6.89. The highest BCUT2D eigenvalue weighted by atomic mass is 16.1. The van der Waals surface area contributed by atoms with E-state index in [9.17, 15) is 4.79 Å². The Morgan fingerprint density at radius 2 is 2.03 bits per heavy atom. The van der Waals surface area contributed by atoms with Crippen LogP contribution in [0, 0.1) is 11.3 Å². The molecule has 0 aliphatic carbocycles. The van der Waals surface area contributed by atoms with Gasteiger partial charge in [0.25, 0.3) is 5.91 Å². The molecule has 1 aromatic heterocycles. The third-order valence-electron chi connectivity index (χ3n) is 6.89. The number of rotatable bonds is 7. The number of hydrogen-bond acceptors (Lipinski definition) is 4. The van der Waals surface area contributed by atoms with Crippen molar-refractivity contribution in [3.63, 3.8) is 0 Å². The van der Waals surface area contributed by atoms with Crippen LogP contribution in [0.5, 0.6) is 0 Å². The first-order valence-corrected chi connectivity index (χ1v) is 11.9. The van der Waals surface area contributed by atoms with Gasteiger partial charge >= 0.3 is 0 Å². The topological polar surface area (TPSA) is 87.1 Å². The van der Waals surface area contributed by atoms with Crippen LogP contribution >= 0.6 is 0 Å². The molecular formula is C28H31N5O. The van der Waals surface area contributed by atoms with Gasteiger partial charge in [0.05, 0.1) is 0 Å². The highest BCUT2D eigenvalue weighted by Crippen LogP contribution is 2.34. The maximum absolute atomic E-state index is 11.1. The zero-order valence-corrected chi connectivity index (χ0v) is 19.6.